The third kappa shape index (κ3) is 19.7. The molecule has 0 bridgehead atoms. The molecule has 0 spiro atoms. The van der Waals surface area contributed by atoms with Gasteiger partial charge < -0.3 is 34.0 Å². The molecule has 1 aromatic rings. The first kappa shape index (κ1) is 36.1. The molecule has 0 aliphatic rings. The van der Waals surface area contributed by atoms with Crippen LogP contribution in [0.4, 0.5) is 4.79 Å². The lowest BCUT2D eigenvalue weighted by molar-refractivity contribution is -0.757. The van der Waals surface area contributed by atoms with Gasteiger partial charge in [-0.15, -0.1) is 30.3 Å². The van der Waals surface area contributed by atoms with Gasteiger partial charge in [0.1, 0.15) is 11.8 Å². The number of nitrogens with one attached hydrogen (secondary N) is 1. The highest BCUT2D eigenvalue weighted by atomic mass is 17.0. The minimum atomic E-state index is -1.07. The molecule has 1 unspecified atom stereocenters. The summed E-state index contributed by atoms with van der Waals surface area (Å²) in [6.45, 7) is -0.452. The van der Waals surface area contributed by atoms with E-state index < -0.39 is 39.3 Å². The number of rotatable bonds is 24. The highest BCUT2D eigenvalue weighted by Crippen LogP contribution is 2.15. The number of ether oxygens (including phenoxy) is 3. The summed E-state index contributed by atoms with van der Waals surface area (Å²) >= 11 is 0. The van der Waals surface area contributed by atoms with Gasteiger partial charge in [-0.1, -0.05) is 18.6 Å². The molecule has 0 aliphatic heterocycles. The zero-order valence-corrected chi connectivity index (χ0v) is 23.3. The number of amides is 1. The van der Waals surface area contributed by atoms with Crippen LogP contribution in [0.5, 0.6) is 5.75 Å². The minimum Gasteiger partial charge on any atom is -0.464 e. The molecule has 0 aliphatic carbocycles. The van der Waals surface area contributed by atoms with Gasteiger partial charge in [0.05, 0.1) is 33.0 Å². The maximum atomic E-state index is 12.7. The van der Waals surface area contributed by atoms with Crippen molar-refractivity contribution in [1.82, 2.24) is 5.32 Å². The lowest BCUT2D eigenvalue weighted by Crippen LogP contribution is -2.43. The molecular weight excluding hydrogens is 584 g/mol. The van der Waals surface area contributed by atoms with Crippen LogP contribution in [0.3, 0.4) is 0 Å². The summed E-state index contributed by atoms with van der Waals surface area (Å²) in [4.78, 5) is 80.0. The van der Waals surface area contributed by atoms with Gasteiger partial charge in [0.25, 0.3) is 15.3 Å². The normalized spacial score (nSPS) is 11.0. The van der Waals surface area contributed by atoms with Crippen LogP contribution in [-0.2, 0) is 40.0 Å². The molecule has 0 fully saturated rings. The summed E-state index contributed by atoms with van der Waals surface area (Å²) < 4.78 is 15.2. The van der Waals surface area contributed by atoms with Crippen molar-refractivity contribution in [1.29, 1.82) is 0 Å². The van der Waals surface area contributed by atoms with Crippen molar-refractivity contribution in [2.75, 3.05) is 33.0 Å². The largest absolute Gasteiger partial charge is 0.513 e. The summed E-state index contributed by atoms with van der Waals surface area (Å²) in [6, 6.07) is 4.96. The first-order valence-corrected chi connectivity index (χ1v) is 13.3. The number of nitrogens with zero attached hydrogens (tertiary/aromatic N) is 3. The Bertz CT molecular complexity index is 1040. The molecule has 1 rings (SSSR count). The Morgan fingerprint density at radius 2 is 1.16 bits per heavy atom. The molecule has 0 radical (unpaired) electrons. The average molecular weight is 619 g/mol. The van der Waals surface area contributed by atoms with Gasteiger partial charge in [-0.3, -0.25) is 4.79 Å². The smallest absolute Gasteiger partial charge is 0.464 e. The SMILES string of the molecule is O=C(CCCCCO[N+](=O)[O-])NC(Cc1ccc(OC(=O)OCCCCO[N+](=O)[O-])cc1)C(=O)OCCCCO[N+](=O)[O-]. The van der Waals surface area contributed by atoms with Crippen molar-refractivity contribution >= 4 is 18.0 Å². The number of esters is 1. The van der Waals surface area contributed by atoms with Gasteiger partial charge >= 0.3 is 12.1 Å². The Kier molecular flexibility index (Phi) is 18.2. The van der Waals surface area contributed by atoms with Gasteiger partial charge in [-0.05, 0) is 56.2 Å². The molecule has 1 N–H and O–H groups in total. The van der Waals surface area contributed by atoms with Crippen LogP contribution in [0.2, 0.25) is 0 Å². The van der Waals surface area contributed by atoms with Gasteiger partial charge in [-0.25, -0.2) is 9.59 Å². The quantitative estimate of drug-likeness (QED) is 0.0574. The second-order valence-electron chi connectivity index (χ2n) is 8.73. The zero-order chi connectivity index (χ0) is 31.9. The van der Waals surface area contributed by atoms with Crippen molar-refractivity contribution in [3.63, 3.8) is 0 Å². The second kappa shape index (κ2) is 21.7. The lowest BCUT2D eigenvalue weighted by atomic mass is 10.1. The fraction of sp³-hybridized carbons (Fsp3) is 0.625. The van der Waals surface area contributed by atoms with Crippen molar-refractivity contribution in [2.24, 2.45) is 0 Å². The van der Waals surface area contributed by atoms with E-state index in [4.69, 9.17) is 14.2 Å². The predicted molar refractivity (Wildman–Crippen MR) is 141 cm³/mol. The second-order valence-corrected chi connectivity index (χ2v) is 8.73. The van der Waals surface area contributed by atoms with Crippen molar-refractivity contribution < 1.29 is 58.4 Å². The standard InChI is InChI=1S/C24H34N4O15/c29-22(8-2-1-3-15-40-26(32)33)25-21(23(30)38-13-4-6-16-41-27(34)35)18-19-9-11-20(12-10-19)43-24(31)39-14-5-7-17-42-28(36)37/h9-12,21H,1-8,13-18H2,(H,25,29). The van der Waals surface area contributed by atoms with E-state index in [1.165, 1.54) is 12.1 Å². The lowest BCUT2D eigenvalue weighted by Gasteiger charge is -2.18. The Morgan fingerprint density at radius 3 is 1.70 bits per heavy atom. The third-order valence-electron chi connectivity index (χ3n) is 5.36. The Labute approximate surface area is 245 Å². The van der Waals surface area contributed by atoms with Crippen LogP contribution < -0.4 is 10.1 Å². The predicted octanol–water partition coefficient (Wildman–Crippen LogP) is 2.52. The first-order chi connectivity index (χ1) is 20.6. The molecule has 0 heterocycles. The average Bonchev–Trinajstić information content (AvgIpc) is 2.94. The van der Waals surface area contributed by atoms with E-state index in [0.29, 0.717) is 44.1 Å². The molecule has 0 aromatic heterocycles. The van der Waals surface area contributed by atoms with E-state index in [0.717, 1.165) is 0 Å². The summed E-state index contributed by atoms with van der Waals surface area (Å²) in [5.74, 6) is -1.02. The fourth-order valence-electron chi connectivity index (χ4n) is 3.33. The molecule has 1 aromatic carbocycles. The maximum absolute atomic E-state index is 12.7. The number of carbonyl (C=O) groups is 3. The molecule has 19 heteroatoms. The fourth-order valence-corrected chi connectivity index (χ4v) is 3.33. The van der Waals surface area contributed by atoms with Crippen LogP contribution in [0.1, 0.15) is 56.9 Å². The molecular formula is C24H34N4O15. The van der Waals surface area contributed by atoms with Crippen molar-refractivity contribution in [3.8, 4) is 5.75 Å². The van der Waals surface area contributed by atoms with Crippen molar-refractivity contribution in [2.45, 2.75) is 63.8 Å². The summed E-state index contributed by atoms with van der Waals surface area (Å²) in [6.07, 6.45) is 1.56. The molecule has 240 valence electrons. The highest BCUT2D eigenvalue weighted by Gasteiger charge is 2.23. The first-order valence-electron chi connectivity index (χ1n) is 13.3. The Balaban J connectivity index is 2.60. The zero-order valence-electron chi connectivity index (χ0n) is 23.3. The Hall–Kier alpha value is -4.97. The van der Waals surface area contributed by atoms with Gasteiger partial charge in [0.2, 0.25) is 5.91 Å². The van der Waals surface area contributed by atoms with Crippen molar-refractivity contribution in [3.05, 3.63) is 60.2 Å². The molecule has 0 saturated heterocycles. The van der Waals surface area contributed by atoms with E-state index in [1.807, 2.05) is 0 Å². The van der Waals surface area contributed by atoms with E-state index in [-0.39, 0.29) is 58.0 Å². The van der Waals surface area contributed by atoms with E-state index in [1.54, 1.807) is 12.1 Å². The minimum absolute atomic E-state index is 0.0304. The topological polar surface area (TPSA) is 248 Å². The monoisotopic (exact) mass is 618 g/mol. The van der Waals surface area contributed by atoms with Crippen LogP contribution in [0, 0.1) is 30.3 Å². The summed E-state index contributed by atoms with van der Waals surface area (Å²) in [5.41, 5.74) is 0.588. The Morgan fingerprint density at radius 1 is 0.674 bits per heavy atom. The van der Waals surface area contributed by atoms with E-state index in [2.05, 4.69) is 19.8 Å². The molecule has 1 amide bonds. The number of unbranched alkanes of at least 4 members (excludes halogenated alkanes) is 4. The third-order valence-corrected chi connectivity index (χ3v) is 5.36. The summed E-state index contributed by atoms with van der Waals surface area (Å²) in [5, 5.41) is 30.3. The van der Waals surface area contributed by atoms with Gasteiger partial charge in [-0.2, -0.15) is 0 Å². The molecule has 1 atom stereocenters. The molecule has 0 saturated carbocycles. The highest BCUT2D eigenvalue weighted by molar-refractivity contribution is 5.84. The van der Waals surface area contributed by atoms with Crippen LogP contribution in [0.25, 0.3) is 0 Å². The van der Waals surface area contributed by atoms with Crippen LogP contribution in [0.15, 0.2) is 24.3 Å². The van der Waals surface area contributed by atoms with Gasteiger partial charge in [0, 0.05) is 12.8 Å². The van der Waals surface area contributed by atoms with Gasteiger partial charge in [0.15, 0.2) is 0 Å². The van der Waals surface area contributed by atoms with E-state index in [9.17, 15) is 44.7 Å². The maximum Gasteiger partial charge on any atom is 0.513 e. The number of benzene rings is 1. The number of carbonyl (C=O) groups excluding carboxylic acids is 3. The number of hydrogen-bond donors (Lipinski definition) is 1. The van der Waals surface area contributed by atoms with Crippen LogP contribution >= 0.6 is 0 Å². The molecule has 19 nitrogen and oxygen atoms in total. The summed E-state index contributed by atoms with van der Waals surface area (Å²) in [7, 11) is 0. The number of hydrogen-bond acceptors (Lipinski definition) is 15. The van der Waals surface area contributed by atoms with Crippen LogP contribution in [-0.4, -0.2) is 72.4 Å². The molecule has 43 heavy (non-hydrogen) atoms. The van der Waals surface area contributed by atoms with E-state index >= 15 is 0 Å².